The first-order valence-corrected chi connectivity index (χ1v) is 7.69. The summed E-state index contributed by atoms with van der Waals surface area (Å²) in [4.78, 5) is 14.8. The summed E-state index contributed by atoms with van der Waals surface area (Å²) in [6.45, 7) is 0. The second-order valence-electron chi connectivity index (χ2n) is 5.00. The van der Waals surface area contributed by atoms with Gasteiger partial charge in [0, 0.05) is 10.6 Å². The van der Waals surface area contributed by atoms with Crippen LogP contribution in [-0.2, 0) is 0 Å². The van der Waals surface area contributed by atoms with E-state index in [9.17, 15) is 4.79 Å². The molecule has 0 radical (unpaired) electrons. The SMILES string of the molecule is COc1ccc(-c2nnc(N/N=C/c3cccc(Cl)c3)[nH]c2=O)cc1. The molecule has 0 aliphatic rings. The minimum atomic E-state index is -0.374. The number of hydrogen-bond acceptors (Lipinski definition) is 6. The van der Waals surface area contributed by atoms with Crippen molar-refractivity contribution in [2.45, 2.75) is 0 Å². The van der Waals surface area contributed by atoms with Crippen molar-refractivity contribution in [1.29, 1.82) is 0 Å². The van der Waals surface area contributed by atoms with Gasteiger partial charge < -0.3 is 4.74 Å². The number of methoxy groups -OCH3 is 1. The van der Waals surface area contributed by atoms with E-state index in [4.69, 9.17) is 16.3 Å². The number of hydrogen-bond donors (Lipinski definition) is 2. The van der Waals surface area contributed by atoms with Gasteiger partial charge in [-0.05, 0) is 42.0 Å². The Balaban J connectivity index is 1.74. The van der Waals surface area contributed by atoms with E-state index < -0.39 is 0 Å². The molecule has 0 bridgehead atoms. The van der Waals surface area contributed by atoms with Gasteiger partial charge in [0.05, 0.1) is 13.3 Å². The van der Waals surface area contributed by atoms with Crippen molar-refractivity contribution in [2.24, 2.45) is 5.10 Å². The number of nitrogens with one attached hydrogen (secondary N) is 2. The number of rotatable bonds is 5. The highest BCUT2D eigenvalue weighted by Gasteiger charge is 2.07. The number of benzene rings is 2. The Morgan fingerprint density at radius 1 is 1.20 bits per heavy atom. The van der Waals surface area contributed by atoms with Crippen molar-refractivity contribution in [3.05, 3.63) is 69.5 Å². The number of nitrogens with zero attached hydrogens (tertiary/aromatic N) is 3. The highest BCUT2D eigenvalue weighted by molar-refractivity contribution is 6.30. The second-order valence-corrected chi connectivity index (χ2v) is 5.44. The molecule has 3 rings (SSSR count). The van der Waals surface area contributed by atoms with Crippen LogP contribution < -0.4 is 15.7 Å². The molecule has 1 heterocycles. The van der Waals surface area contributed by atoms with Gasteiger partial charge in [-0.25, -0.2) is 5.43 Å². The number of aromatic nitrogens is 3. The Kier molecular flexibility index (Phi) is 5.06. The molecule has 8 heteroatoms. The molecule has 0 aliphatic carbocycles. The van der Waals surface area contributed by atoms with Crippen molar-refractivity contribution in [2.75, 3.05) is 12.5 Å². The first-order valence-electron chi connectivity index (χ1n) is 7.32. The molecule has 3 aromatic rings. The van der Waals surface area contributed by atoms with Gasteiger partial charge in [0.1, 0.15) is 5.75 Å². The van der Waals surface area contributed by atoms with E-state index in [1.54, 1.807) is 49.7 Å². The zero-order valence-electron chi connectivity index (χ0n) is 13.2. The fourth-order valence-corrected chi connectivity index (χ4v) is 2.28. The first-order chi connectivity index (χ1) is 12.2. The highest BCUT2D eigenvalue weighted by atomic mass is 35.5. The number of aromatic amines is 1. The van der Waals surface area contributed by atoms with Crippen LogP contribution in [-0.4, -0.2) is 28.5 Å². The van der Waals surface area contributed by atoms with Crippen molar-refractivity contribution >= 4 is 23.8 Å². The van der Waals surface area contributed by atoms with E-state index in [1.807, 2.05) is 12.1 Å². The average Bonchev–Trinajstić information content (AvgIpc) is 2.62. The Labute approximate surface area is 148 Å². The third-order valence-corrected chi connectivity index (χ3v) is 3.53. The lowest BCUT2D eigenvalue weighted by atomic mass is 10.1. The van der Waals surface area contributed by atoms with Gasteiger partial charge in [-0.1, -0.05) is 23.7 Å². The molecule has 0 saturated heterocycles. The van der Waals surface area contributed by atoms with E-state index in [0.29, 0.717) is 16.3 Å². The molecule has 7 nitrogen and oxygen atoms in total. The fourth-order valence-electron chi connectivity index (χ4n) is 2.08. The summed E-state index contributed by atoms with van der Waals surface area (Å²) in [6, 6.07) is 14.2. The zero-order chi connectivity index (χ0) is 17.6. The molecule has 0 fully saturated rings. The van der Waals surface area contributed by atoms with Gasteiger partial charge in [-0.3, -0.25) is 9.78 Å². The molecule has 0 aliphatic heterocycles. The molecule has 25 heavy (non-hydrogen) atoms. The largest absolute Gasteiger partial charge is 0.497 e. The number of hydrazone groups is 1. The van der Waals surface area contributed by atoms with E-state index in [0.717, 1.165) is 5.56 Å². The monoisotopic (exact) mass is 355 g/mol. The van der Waals surface area contributed by atoms with Crippen LogP contribution in [0.15, 0.2) is 58.4 Å². The maximum absolute atomic E-state index is 12.2. The van der Waals surface area contributed by atoms with Gasteiger partial charge in [-0.2, -0.15) is 5.10 Å². The average molecular weight is 356 g/mol. The van der Waals surface area contributed by atoms with Crippen LogP contribution in [0.2, 0.25) is 5.02 Å². The van der Waals surface area contributed by atoms with Gasteiger partial charge in [-0.15, -0.1) is 10.2 Å². The van der Waals surface area contributed by atoms with Crippen molar-refractivity contribution in [3.8, 4) is 17.0 Å². The number of halogens is 1. The molecule has 2 N–H and O–H groups in total. The highest BCUT2D eigenvalue weighted by Crippen LogP contribution is 2.17. The third kappa shape index (κ3) is 4.21. The van der Waals surface area contributed by atoms with Crippen LogP contribution in [0.5, 0.6) is 5.75 Å². The molecule has 0 amide bonds. The van der Waals surface area contributed by atoms with Gasteiger partial charge in [0.15, 0.2) is 5.69 Å². The quantitative estimate of drug-likeness (QED) is 0.542. The van der Waals surface area contributed by atoms with Crippen molar-refractivity contribution < 1.29 is 4.74 Å². The van der Waals surface area contributed by atoms with Crippen molar-refractivity contribution in [1.82, 2.24) is 15.2 Å². The van der Waals surface area contributed by atoms with E-state index in [2.05, 4.69) is 25.7 Å². The van der Waals surface area contributed by atoms with Crippen molar-refractivity contribution in [3.63, 3.8) is 0 Å². The maximum atomic E-state index is 12.2. The van der Waals surface area contributed by atoms with Gasteiger partial charge >= 0.3 is 0 Å². The minimum Gasteiger partial charge on any atom is -0.497 e. The Hall–Kier alpha value is -3.19. The minimum absolute atomic E-state index is 0.139. The predicted octanol–water partition coefficient (Wildman–Crippen LogP) is 2.94. The van der Waals surface area contributed by atoms with Gasteiger partial charge in [0.2, 0.25) is 5.95 Å². The van der Waals surface area contributed by atoms with Crippen LogP contribution in [0.25, 0.3) is 11.3 Å². The molecule has 0 atom stereocenters. The third-order valence-electron chi connectivity index (χ3n) is 3.29. The fraction of sp³-hybridized carbons (Fsp3) is 0.0588. The Morgan fingerprint density at radius 2 is 2.00 bits per heavy atom. The molecule has 126 valence electrons. The summed E-state index contributed by atoms with van der Waals surface area (Å²) in [7, 11) is 1.58. The van der Waals surface area contributed by atoms with E-state index in [1.165, 1.54) is 0 Å². The summed E-state index contributed by atoms with van der Waals surface area (Å²) in [5, 5.41) is 12.5. The summed E-state index contributed by atoms with van der Waals surface area (Å²) in [5.74, 6) is 0.835. The van der Waals surface area contributed by atoms with Gasteiger partial charge in [0.25, 0.3) is 5.56 Å². The molecular formula is C17H14ClN5O2. The first kappa shape index (κ1) is 16.7. The van der Waals surface area contributed by atoms with Crippen LogP contribution >= 0.6 is 11.6 Å². The van der Waals surface area contributed by atoms with Crippen LogP contribution in [0.4, 0.5) is 5.95 Å². The standard InChI is InChI=1S/C17H14ClN5O2/c1-25-14-7-5-12(6-8-14)15-16(24)20-17(23-21-15)22-19-10-11-3-2-4-13(18)9-11/h2-10H,1H3,(H2,20,22,23,24)/b19-10+. The topological polar surface area (TPSA) is 92.3 Å². The smallest absolute Gasteiger partial charge is 0.279 e. The number of anilines is 1. The second kappa shape index (κ2) is 7.59. The summed E-state index contributed by atoms with van der Waals surface area (Å²) in [6.07, 6.45) is 1.56. The van der Waals surface area contributed by atoms with E-state index in [-0.39, 0.29) is 17.2 Å². The Bertz CT molecular complexity index is 954. The molecular weight excluding hydrogens is 342 g/mol. The molecule has 2 aromatic carbocycles. The summed E-state index contributed by atoms with van der Waals surface area (Å²) in [5.41, 5.74) is 3.92. The van der Waals surface area contributed by atoms with Crippen LogP contribution in [0, 0.1) is 0 Å². The maximum Gasteiger partial charge on any atom is 0.279 e. The molecule has 0 unspecified atom stereocenters. The summed E-state index contributed by atoms with van der Waals surface area (Å²) < 4.78 is 5.09. The normalized spacial score (nSPS) is 10.8. The number of ether oxygens (including phenoxy) is 1. The number of H-pyrrole nitrogens is 1. The lowest BCUT2D eigenvalue weighted by molar-refractivity contribution is 0.415. The van der Waals surface area contributed by atoms with Crippen LogP contribution in [0.1, 0.15) is 5.56 Å². The van der Waals surface area contributed by atoms with Crippen LogP contribution in [0.3, 0.4) is 0 Å². The lowest BCUT2D eigenvalue weighted by Gasteiger charge is -2.03. The summed E-state index contributed by atoms with van der Waals surface area (Å²) >= 11 is 5.90. The molecule has 0 spiro atoms. The zero-order valence-corrected chi connectivity index (χ0v) is 14.0. The predicted molar refractivity (Wildman–Crippen MR) is 97.3 cm³/mol. The Morgan fingerprint density at radius 3 is 2.68 bits per heavy atom. The molecule has 0 saturated carbocycles. The molecule has 1 aromatic heterocycles. The lowest BCUT2D eigenvalue weighted by Crippen LogP contribution is -2.15. The van der Waals surface area contributed by atoms with E-state index >= 15 is 0 Å².